The van der Waals surface area contributed by atoms with Gasteiger partial charge in [-0.15, -0.1) is 11.3 Å². The minimum absolute atomic E-state index is 0.125. The van der Waals surface area contributed by atoms with E-state index in [1.807, 2.05) is 0 Å². The predicted octanol–water partition coefficient (Wildman–Crippen LogP) is 1.94. The lowest BCUT2D eigenvalue weighted by Gasteiger charge is -1.89. The third-order valence-electron chi connectivity index (χ3n) is 1.36. The van der Waals surface area contributed by atoms with Gasteiger partial charge in [0.1, 0.15) is 5.01 Å². The molecule has 1 heterocycles. The molecule has 0 atom stereocenters. The van der Waals surface area contributed by atoms with Crippen molar-refractivity contribution in [2.45, 2.75) is 13.5 Å². The summed E-state index contributed by atoms with van der Waals surface area (Å²) in [7, 11) is 1.79. The number of hydrogen-bond acceptors (Lipinski definition) is 6. The minimum Gasteiger partial charge on any atom is -0.476 e. The molecule has 0 amide bonds. The van der Waals surface area contributed by atoms with Crippen molar-refractivity contribution in [2.24, 2.45) is 0 Å². The van der Waals surface area contributed by atoms with Crippen molar-refractivity contribution in [3.8, 4) is 0 Å². The number of rotatable bonds is 4. The number of nitrogens with one attached hydrogen (secondary N) is 1. The molecule has 0 fully saturated rings. The first-order valence-corrected chi connectivity index (χ1v) is 5.91. The van der Waals surface area contributed by atoms with Crippen molar-refractivity contribution in [1.29, 1.82) is 0 Å². The molecule has 8 heteroatoms. The van der Waals surface area contributed by atoms with Gasteiger partial charge in [0.05, 0.1) is 6.61 Å². The summed E-state index contributed by atoms with van der Waals surface area (Å²) in [5.41, 5.74) is -0.613. The van der Waals surface area contributed by atoms with Crippen LogP contribution >= 0.6 is 22.9 Å². The van der Waals surface area contributed by atoms with Gasteiger partial charge in [0.25, 0.3) is 0 Å². The minimum atomic E-state index is -0.969. The molecule has 0 aromatic carbocycles. The Morgan fingerprint density at radius 1 is 1.65 bits per heavy atom. The summed E-state index contributed by atoms with van der Waals surface area (Å²) < 4.78 is 4.17. The zero-order chi connectivity index (χ0) is 13.3. The molecule has 0 unspecified atom stereocenters. The number of carbonyl (C=O) groups excluding carboxylic acids is 1. The van der Waals surface area contributed by atoms with Crippen LogP contribution in [-0.4, -0.2) is 35.1 Å². The van der Waals surface area contributed by atoms with Crippen molar-refractivity contribution in [2.75, 3.05) is 13.7 Å². The SMILES string of the molecule is CCOC(=O)Cl.CNCc1nc(C(=O)O)cs1. The summed E-state index contributed by atoms with van der Waals surface area (Å²) >= 11 is 6.06. The topological polar surface area (TPSA) is 88.5 Å². The average molecular weight is 281 g/mol. The van der Waals surface area contributed by atoms with Gasteiger partial charge in [0.15, 0.2) is 5.69 Å². The molecule has 6 nitrogen and oxygen atoms in total. The Labute approximate surface area is 108 Å². The van der Waals surface area contributed by atoms with Crippen molar-refractivity contribution in [3.05, 3.63) is 16.1 Å². The van der Waals surface area contributed by atoms with Gasteiger partial charge in [-0.05, 0) is 14.0 Å². The van der Waals surface area contributed by atoms with E-state index >= 15 is 0 Å². The first kappa shape index (κ1) is 15.8. The van der Waals surface area contributed by atoms with Gasteiger partial charge in [0.2, 0.25) is 0 Å². The number of thiazole rings is 1. The van der Waals surface area contributed by atoms with Gasteiger partial charge in [-0.3, -0.25) is 0 Å². The van der Waals surface area contributed by atoms with Crippen molar-refractivity contribution in [1.82, 2.24) is 10.3 Å². The second kappa shape index (κ2) is 8.91. The lowest BCUT2D eigenvalue weighted by atomic mass is 10.5. The van der Waals surface area contributed by atoms with Crippen LogP contribution in [0.2, 0.25) is 0 Å². The lowest BCUT2D eigenvalue weighted by molar-refractivity contribution is 0.0691. The van der Waals surface area contributed by atoms with E-state index in [2.05, 4.69) is 15.0 Å². The molecule has 2 N–H and O–H groups in total. The maximum Gasteiger partial charge on any atom is 0.403 e. The standard InChI is InChI=1S/C6H8N2O2S.C3H5ClO2/c1-7-2-5-8-4(3-11-5)6(9)10;1-2-6-3(4)5/h3,7H,2H2,1H3,(H,9,10);2H2,1H3. The Bertz CT molecular complexity index is 370. The van der Waals surface area contributed by atoms with Gasteiger partial charge in [0, 0.05) is 23.5 Å². The Morgan fingerprint density at radius 2 is 2.29 bits per heavy atom. The van der Waals surface area contributed by atoms with Crippen LogP contribution in [-0.2, 0) is 11.3 Å². The summed E-state index contributed by atoms with van der Waals surface area (Å²) in [6, 6.07) is 0. The van der Waals surface area contributed by atoms with Gasteiger partial charge >= 0.3 is 11.4 Å². The quantitative estimate of drug-likeness (QED) is 0.820. The summed E-state index contributed by atoms with van der Waals surface area (Å²) in [6.45, 7) is 2.67. The van der Waals surface area contributed by atoms with Crippen LogP contribution in [0.5, 0.6) is 0 Å². The van der Waals surface area contributed by atoms with E-state index in [0.29, 0.717) is 13.2 Å². The van der Waals surface area contributed by atoms with Crippen LogP contribution < -0.4 is 5.32 Å². The number of halogens is 1. The molecule has 17 heavy (non-hydrogen) atoms. The van der Waals surface area contributed by atoms with Crippen LogP contribution in [0, 0.1) is 0 Å². The molecule has 0 aliphatic heterocycles. The Kier molecular flexibility index (Phi) is 8.29. The summed E-state index contributed by atoms with van der Waals surface area (Å²) in [5.74, 6) is -0.969. The maximum atomic E-state index is 10.3. The number of aromatic carboxylic acids is 1. The highest BCUT2D eigenvalue weighted by Crippen LogP contribution is 2.08. The third kappa shape index (κ3) is 7.67. The normalized spacial score (nSPS) is 9.12. The van der Waals surface area contributed by atoms with Crippen LogP contribution in [0.25, 0.3) is 0 Å². The van der Waals surface area contributed by atoms with Crippen LogP contribution in [0.3, 0.4) is 0 Å². The molecule has 0 saturated carbocycles. The highest BCUT2D eigenvalue weighted by Gasteiger charge is 2.06. The summed E-state index contributed by atoms with van der Waals surface area (Å²) in [5, 5.41) is 13.7. The fraction of sp³-hybridized carbons (Fsp3) is 0.444. The van der Waals surface area contributed by atoms with Gasteiger partial charge < -0.3 is 15.2 Å². The number of carboxylic acids is 1. The predicted molar refractivity (Wildman–Crippen MR) is 64.7 cm³/mol. The van der Waals surface area contributed by atoms with E-state index in [1.165, 1.54) is 16.7 Å². The fourth-order valence-electron chi connectivity index (χ4n) is 0.755. The zero-order valence-electron chi connectivity index (χ0n) is 9.40. The Hall–Kier alpha value is -1.18. The largest absolute Gasteiger partial charge is 0.476 e. The van der Waals surface area contributed by atoms with Crippen LogP contribution in [0.1, 0.15) is 22.4 Å². The molecular formula is C9H13ClN2O4S. The first-order valence-electron chi connectivity index (χ1n) is 4.65. The molecule has 0 spiro atoms. The Balaban J connectivity index is 0.000000366. The van der Waals surface area contributed by atoms with Gasteiger partial charge in [-0.1, -0.05) is 0 Å². The molecule has 1 rings (SSSR count). The number of carboxylic acid groups (broad SMARTS) is 1. The molecule has 0 bridgehead atoms. The maximum absolute atomic E-state index is 10.3. The monoisotopic (exact) mass is 280 g/mol. The smallest absolute Gasteiger partial charge is 0.403 e. The molecule has 0 aliphatic carbocycles. The fourth-order valence-corrected chi connectivity index (χ4v) is 1.64. The van der Waals surface area contributed by atoms with E-state index in [0.717, 1.165) is 5.01 Å². The van der Waals surface area contributed by atoms with E-state index in [9.17, 15) is 9.59 Å². The van der Waals surface area contributed by atoms with Crippen LogP contribution in [0.15, 0.2) is 5.38 Å². The molecule has 0 radical (unpaired) electrons. The average Bonchev–Trinajstić information content (AvgIpc) is 2.67. The number of nitrogens with zero attached hydrogens (tertiary/aromatic N) is 1. The second-order valence-corrected chi connectivity index (χ2v) is 3.88. The van der Waals surface area contributed by atoms with E-state index in [4.69, 9.17) is 16.7 Å². The van der Waals surface area contributed by atoms with E-state index < -0.39 is 11.4 Å². The first-order chi connectivity index (χ1) is 8.01. The highest BCUT2D eigenvalue weighted by atomic mass is 35.5. The van der Waals surface area contributed by atoms with Crippen molar-refractivity contribution >= 4 is 34.3 Å². The van der Waals surface area contributed by atoms with Gasteiger partial charge in [-0.25, -0.2) is 14.6 Å². The van der Waals surface area contributed by atoms with Crippen molar-refractivity contribution in [3.63, 3.8) is 0 Å². The third-order valence-corrected chi connectivity index (χ3v) is 2.31. The molecule has 0 aliphatic rings. The molecular weight excluding hydrogens is 268 g/mol. The number of aromatic nitrogens is 1. The second-order valence-electron chi connectivity index (χ2n) is 2.63. The summed E-state index contributed by atoms with van der Waals surface area (Å²) in [4.78, 5) is 23.8. The lowest BCUT2D eigenvalue weighted by Crippen LogP contribution is -2.05. The molecule has 1 aromatic rings. The van der Waals surface area contributed by atoms with Gasteiger partial charge in [-0.2, -0.15) is 0 Å². The highest BCUT2D eigenvalue weighted by molar-refractivity contribution is 7.09. The van der Waals surface area contributed by atoms with Crippen LogP contribution in [0.4, 0.5) is 4.79 Å². The number of carbonyl (C=O) groups is 2. The van der Waals surface area contributed by atoms with E-state index in [1.54, 1.807) is 14.0 Å². The molecule has 1 aromatic heterocycles. The van der Waals surface area contributed by atoms with E-state index in [-0.39, 0.29) is 5.69 Å². The number of hydrogen-bond donors (Lipinski definition) is 2. The zero-order valence-corrected chi connectivity index (χ0v) is 11.0. The molecule has 0 saturated heterocycles. The summed E-state index contributed by atoms with van der Waals surface area (Å²) in [6.07, 6.45) is 0. The Morgan fingerprint density at radius 3 is 2.59 bits per heavy atom. The number of ether oxygens (including phenoxy) is 1. The van der Waals surface area contributed by atoms with Crippen molar-refractivity contribution < 1.29 is 19.4 Å². The molecule has 96 valence electrons.